The molecule has 16 heavy (non-hydrogen) atoms. The highest BCUT2D eigenvalue weighted by atomic mass is 32.1. The van der Waals surface area contributed by atoms with Crippen LogP contribution in [-0.2, 0) is 12.8 Å². The quantitative estimate of drug-likeness (QED) is 0.875. The van der Waals surface area contributed by atoms with Gasteiger partial charge in [0, 0.05) is 18.1 Å². The van der Waals surface area contributed by atoms with Gasteiger partial charge < -0.3 is 5.32 Å². The fourth-order valence-electron chi connectivity index (χ4n) is 1.67. The highest BCUT2D eigenvalue weighted by Crippen LogP contribution is 2.19. The standard InChI is InChI=1S/C13H16N2S/c1-10-4-3-5-11(8-10)6-7-12-9-15-13(14-2)16-12/h3-5,8-9H,6-7H2,1-2H3,(H,14,15). The fraction of sp³-hybridized carbons (Fsp3) is 0.308. The van der Waals surface area contributed by atoms with Crippen LogP contribution in [-0.4, -0.2) is 12.0 Å². The SMILES string of the molecule is CNc1ncc(CCc2cccc(C)c2)s1. The van der Waals surface area contributed by atoms with Crippen molar-refractivity contribution in [2.24, 2.45) is 0 Å². The average molecular weight is 232 g/mol. The maximum atomic E-state index is 4.27. The van der Waals surface area contributed by atoms with Crippen molar-refractivity contribution in [1.82, 2.24) is 4.98 Å². The lowest BCUT2D eigenvalue weighted by Crippen LogP contribution is -1.89. The number of benzene rings is 1. The van der Waals surface area contributed by atoms with Crippen molar-refractivity contribution in [2.45, 2.75) is 19.8 Å². The summed E-state index contributed by atoms with van der Waals surface area (Å²) in [5, 5.41) is 4.06. The van der Waals surface area contributed by atoms with Gasteiger partial charge in [-0.3, -0.25) is 0 Å². The lowest BCUT2D eigenvalue weighted by atomic mass is 10.1. The Hall–Kier alpha value is -1.35. The predicted octanol–water partition coefficient (Wildman–Crippen LogP) is 3.28. The summed E-state index contributed by atoms with van der Waals surface area (Å²) >= 11 is 1.73. The minimum absolute atomic E-state index is 0.999. The summed E-state index contributed by atoms with van der Waals surface area (Å²) in [6.07, 6.45) is 4.13. The number of hydrogen-bond donors (Lipinski definition) is 1. The van der Waals surface area contributed by atoms with Crippen LogP contribution in [0.5, 0.6) is 0 Å². The van der Waals surface area contributed by atoms with E-state index < -0.39 is 0 Å². The zero-order valence-corrected chi connectivity index (χ0v) is 10.5. The lowest BCUT2D eigenvalue weighted by Gasteiger charge is -2.00. The van der Waals surface area contributed by atoms with Gasteiger partial charge in [-0.1, -0.05) is 29.8 Å². The molecule has 1 N–H and O–H groups in total. The molecule has 0 spiro atoms. The van der Waals surface area contributed by atoms with Crippen LogP contribution in [0.2, 0.25) is 0 Å². The molecular weight excluding hydrogens is 216 g/mol. The summed E-state index contributed by atoms with van der Waals surface area (Å²) in [5.74, 6) is 0. The van der Waals surface area contributed by atoms with E-state index in [1.54, 1.807) is 11.3 Å². The summed E-state index contributed by atoms with van der Waals surface area (Å²) < 4.78 is 0. The number of aryl methyl sites for hydroxylation is 3. The van der Waals surface area contributed by atoms with E-state index in [1.165, 1.54) is 16.0 Å². The van der Waals surface area contributed by atoms with Gasteiger partial charge in [-0.15, -0.1) is 11.3 Å². The van der Waals surface area contributed by atoms with Crippen LogP contribution in [0.4, 0.5) is 5.13 Å². The Morgan fingerprint density at radius 2 is 2.19 bits per heavy atom. The van der Waals surface area contributed by atoms with Gasteiger partial charge >= 0.3 is 0 Å². The number of hydrogen-bond acceptors (Lipinski definition) is 3. The molecule has 1 heterocycles. The molecule has 3 heteroatoms. The third-order valence-corrected chi connectivity index (χ3v) is 3.58. The van der Waals surface area contributed by atoms with Gasteiger partial charge in [0.25, 0.3) is 0 Å². The summed E-state index contributed by atoms with van der Waals surface area (Å²) in [5.41, 5.74) is 2.73. The van der Waals surface area contributed by atoms with Gasteiger partial charge in [0.1, 0.15) is 0 Å². The number of nitrogens with one attached hydrogen (secondary N) is 1. The summed E-state index contributed by atoms with van der Waals surface area (Å²) in [6.45, 7) is 2.13. The summed E-state index contributed by atoms with van der Waals surface area (Å²) in [6, 6.07) is 8.69. The van der Waals surface area contributed by atoms with Crippen LogP contribution >= 0.6 is 11.3 Å². The Kier molecular flexibility index (Phi) is 3.57. The van der Waals surface area contributed by atoms with Gasteiger partial charge in [0.2, 0.25) is 0 Å². The van der Waals surface area contributed by atoms with Crippen molar-refractivity contribution in [3.63, 3.8) is 0 Å². The van der Waals surface area contributed by atoms with E-state index in [0.717, 1.165) is 18.0 Å². The monoisotopic (exact) mass is 232 g/mol. The van der Waals surface area contributed by atoms with E-state index >= 15 is 0 Å². The largest absolute Gasteiger partial charge is 0.365 e. The molecule has 0 bridgehead atoms. The fourth-order valence-corrected chi connectivity index (χ4v) is 2.44. The summed E-state index contributed by atoms with van der Waals surface area (Å²) in [7, 11) is 1.91. The molecule has 0 fully saturated rings. The van der Waals surface area contributed by atoms with Crippen LogP contribution in [0, 0.1) is 6.92 Å². The van der Waals surface area contributed by atoms with E-state index in [4.69, 9.17) is 0 Å². The maximum Gasteiger partial charge on any atom is 0.182 e. The molecule has 0 amide bonds. The van der Waals surface area contributed by atoms with E-state index in [0.29, 0.717) is 0 Å². The van der Waals surface area contributed by atoms with Crippen molar-refractivity contribution in [2.75, 3.05) is 12.4 Å². The predicted molar refractivity (Wildman–Crippen MR) is 70.2 cm³/mol. The maximum absolute atomic E-state index is 4.27. The molecule has 0 unspecified atom stereocenters. The molecule has 0 saturated carbocycles. The van der Waals surface area contributed by atoms with Gasteiger partial charge in [0.05, 0.1) is 0 Å². The number of anilines is 1. The zero-order valence-electron chi connectivity index (χ0n) is 9.66. The van der Waals surface area contributed by atoms with Crippen molar-refractivity contribution in [1.29, 1.82) is 0 Å². The van der Waals surface area contributed by atoms with Crippen molar-refractivity contribution in [3.8, 4) is 0 Å². The number of thiazole rings is 1. The molecule has 0 aliphatic rings. The highest BCUT2D eigenvalue weighted by molar-refractivity contribution is 7.15. The van der Waals surface area contributed by atoms with Crippen LogP contribution in [0.15, 0.2) is 30.5 Å². The second kappa shape index (κ2) is 5.12. The Labute approximate surface area is 100 Å². The van der Waals surface area contributed by atoms with Crippen LogP contribution in [0.3, 0.4) is 0 Å². The lowest BCUT2D eigenvalue weighted by molar-refractivity contribution is 0.974. The van der Waals surface area contributed by atoms with Crippen molar-refractivity contribution < 1.29 is 0 Å². The topological polar surface area (TPSA) is 24.9 Å². The molecule has 0 radical (unpaired) electrons. The van der Waals surface area contributed by atoms with Gasteiger partial charge in [-0.05, 0) is 25.3 Å². The molecule has 2 nitrogen and oxygen atoms in total. The first kappa shape index (κ1) is 11.1. The molecule has 1 aromatic carbocycles. The van der Waals surface area contributed by atoms with Crippen LogP contribution in [0.25, 0.3) is 0 Å². The number of aromatic nitrogens is 1. The van der Waals surface area contributed by atoms with Gasteiger partial charge in [-0.2, -0.15) is 0 Å². The Morgan fingerprint density at radius 1 is 1.31 bits per heavy atom. The molecule has 84 valence electrons. The highest BCUT2D eigenvalue weighted by Gasteiger charge is 2.01. The zero-order chi connectivity index (χ0) is 11.4. The molecule has 0 aliphatic carbocycles. The second-order valence-electron chi connectivity index (χ2n) is 3.87. The first-order chi connectivity index (χ1) is 7.78. The summed E-state index contributed by atoms with van der Waals surface area (Å²) in [4.78, 5) is 5.61. The number of nitrogens with zero attached hydrogens (tertiary/aromatic N) is 1. The molecule has 2 rings (SSSR count). The van der Waals surface area contributed by atoms with Gasteiger partial charge in [-0.25, -0.2) is 4.98 Å². The van der Waals surface area contributed by atoms with Gasteiger partial charge in [0.15, 0.2) is 5.13 Å². The van der Waals surface area contributed by atoms with Crippen molar-refractivity contribution in [3.05, 3.63) is 46.5 Å². The molecule has 2 aromatic rings. The Balaban J connectivity index is 1.96. The first-order valence-corrected chi connectivity index (χ1v) is 6.27. The van der Waals surface area contributed by atoms with Crippen molar-refractivity contribution >= 4 is 16.5 Å². The Bertz CT molecular complexity index is 462. The molecule has 0 aliphatic heterocycles. The second-order valence-corrected chi connectivity index (χ2v) is 4.99. The van der Waals surface area contributed by atoms with Crippen LogP contribution < -0.4 is 5.32 Å². The molecular formula is C13H16N2S. The normalized spacial score (nSPS) is 10.4. The van der Waals surface area contributed by atoms with E-state index in [9.17, 15) is 0 Å². The van der Waals surface area contributed by atoms with Crippen LogP contribution in [0.1, 0.15) is 16.0 Å². The van der Waals surface area contributed by atoms with E-state index in [2.05, 4.69) is 41.5 Å². The average Bonchev–Trinajstić information content (AvgIpc) is 2.74. The molecule has 0 saturated heterocycles. The first-order valence-electron chi connectivity index (χ1n) is 5.46. The van der Waals surface area contributed by atoms with E-state index in [-0.39, 0.29) is 0 Å². The number of rotatable bonds is 4. The minimum atomic E-state index is 0.999. The molecule has 0 atom stereocenters. The minimum Gasteiger partial charge on any atom is -0.365 e. The molecule has 1 aromatic heterocycles. The Morgan fingerprint density at radius 3 is 2.88 bits per heavy atom. The third kappa shape index (κ3) is 2.83. The smallest absolute Gasteiger partial charge is 0.182 e. The third-order valence-electron chi connectivity index (χ3n) is 2.51. The van der Waals surface area contributed by atoms with E-state index in [1.807, 2.05) is 13.2 Å².